The van der Waals surface area contributed by atoms with Gasteiger partial charge in [0.25, 0.3) is 0 Å². The molecule has 1 unspecified atom stereocenters. The number of aromatic nitrogens is 3. The molecule has 2 aromatic heterocycles. The van der Waals surface area contributed by atoms with Crippen LogP contribution in [0, 0.1) is 0 Å². The van der Waals surface area contributed by atoms with Crippen molar-refractivity contribution in [3.63, 3.8) is 0 Å². The molecular weight excluding hydrogens is 188 g/mol. The van der Waals surface area contributed by atoms with Crippen molar-refractivity contribution in [1.82, 2.24) is 14.5 Å². The Morgan fingerprint density at radius 1 is 1.53 bits per heavy atom. The molecule has 0 aliphatic rings. The molecule has 0 aliphatic heterocycles. The minimum Gasteiger partial charge on any atom is -0.330 e. The summed E-state index contributed by atoms with van der Waals surface area (Å²) in [6.45, 7) is 3.04. The fourth-order valence-electron chi connectivity index (χ4n) is 1.60. The molecule has 0 fully saturated rings. The van der Waals surface area contributed by atoms with Gasteiger partial charge in [0.1, 0.15) is 5.52 Å². The van der Waals surface area contributed by atoms with Gasteiger partial charge < -0.3 is 10.3 Å². The summed E-state index contributed by atoms with van der Waals surface area (Å²) in [5.74, 6) is 0. The summed E-state index contributed by atoms with van der Waals surface area (Å²) >= 11 is 0. The molecule has 15 heavy (non-hydrogen) atoms. The van der Waals surface area contributed by atoms with Crippen LogP contribution in [0.5, 0.6) is 0 Å². The lowest BCUT2D eigenvalue weighted by atomic mass is 10.2. The van der Waals surface area contributed by atoms with Crippen LogP contribution in [0.3, 0.4) is 0 Å². The maximum atomic E-state index is 5.89. The van der Waals surface area contributed by atoms with Crippen molar-refractivity contribution in [1.29, 1.82) is 0 Å². The van der Waals surface area contributed by atoms with Crippen LogP contribution in [0.4, 0.5) is 0 Å². The lowest BCUT2D eigenvalue weighted by Crippen LogP contribution is -2.20. The zero-order valence-corrected chi connectivity index (χ0v) is 8.93. The Morgan fingerprint density at radius 2 is 2.40 bits per heavy atom. The van der Waals surface area contributed by atoms with Gasteiger partial charge in [0, 0.05) is 18.8 Å². The molecule has 2 rings (SSSR count). The van der Waals surface area contributed by atoms with Gasteiger partial charge in [0.2, 0.25) is 0 Å². The first kappa shape index (κ1) is 10.1. The normalized spacial score (nSPS) is 13.2. The van der Waals surface area contributed by atoms with Crippen molar-refractivity contribution in [3.05, 3.63) is 24.8 Å². The number of pyridine rings is 1. The van der Waals surface area contributed by atoms with Crippen molar-refractivity contribution >= 4 is 11.0 Å². The number of aryl methyl sites for hydroxylation is 1. The molecule has 0 amide bonds. The molecule has 2 aromatic rings. The average Bonchev–Trinajstić information content (AvgIpc) is 2.69. The fraction of sp³-hybridized carbons (Fsp3) is 0.455. The quantitative estimate of drug-likeness (QED) is 0.822. The van der Waals surface area contributed by atoms with Crippen LogP contribution in [-0.2, 0) is 6.54 Å². The number of nitrogens with two attached hydrogens (primary N) is 1. The fourth-order valence-corrected chi connectivity index (χ4v) is 1.60. The number of fused-ring (bicyclic) bond motifs is 1. The third-order valence-corrected chi connectivity index (χ3v) is 2.69. The Bertz CT molecular complexity index is 435. The highest BCUT2D eigenvalue weighted by Gasteiger charge is 2.03. The second kappa shape index (κ2) is 4.40. The summed E-state index contributed by atoms with van der Waals surface area (Å²) in [6, 6.07) is 2.27. The predicted octanol–water partition coefficient (Wildman–Crippen LogP) is 1.56. The second-order valence-electron chi connectivity index (χ2n) is 3.76. The van der Waals surface area contributed by atoms with Crippen molar-refractivity contribution < 1.29 is 0 Å². The summed E-state index contributed by atoms with van der Waals surface area (Å²) in [4.78, 5) is 8.32. The van der Waals surface area contributed by atoms with E-state index in [2.05, 4.69) is 21.5 Å². The summed E-state index contributed by atoms with van der Waals surface area (Å²) in [7, 11) is 0. The van der Waals surface area contributed by atoms with Crippen molar-refractivity contribution in [3.8, 4) is 0 Å². The molecule has 1 atom stereocenters. The zero-order valence-electron chi connectivity index (χ0n) is 8.93. The largest absolute Gasteiger partial charge is 0.330 e. The van der Waals surface area contributed by atoms with E-state index in [-0.39, 0.29) is 6.04 Å². The van der Waals surface area contributed by atoms with Crippen LogP contribution >= 0.6 is 0 Å². The first-order chi connectivity index (χ1) is 7.31. The van der Waals surface area contributed by atoms with Crippen molar-refractivity contribution in [2.45, 2.75) is 32.4 Å². The standard InChI is InChI=1S/C11H16N4/c1-2-9(12)4-6-15-8-14-10-7-13-5-3-11(10)15/h3,5,7-9H,2,4,6,12H2,1H3. The highest BCUT2D eigenvalue weighted by molar-refractivity contribution is 5.73. The molecule has 0 aliphatic carbocycles. The van der Waals surface area contributed by atoms with E-state index in [1.165, 1.54) is 0 Å². The second-order valence-corrected chi connectivity index (χ2v) is 3.76. The molecule has 2 heterocycles. The van der Waals surface area contributed by atoms with Crippen LogP contribution < -0.4 is 5.73 Å². The van der Waals surface area contributed by atoms with E-state index in [1.807, 2.05) is 12.4 Å². The van der Waals surface area contributed by atoms with Crippen LogP contribution in [0.15, 0.2) is 24.8 Å². The number of imidazole rings is 1. The lowest BCUT2D eigenvalue weighted by Gasteiger charge is -2.09. The third kappa shape index (κ3) is 2.15. The molecule has 0 saturated carbocycles. The van der Waals surface area contributed by atoms with Gasteiger partial charge in [-0.25, -0.2) is 4.98 Å². The monoisotopic (exact) mass is 204 g/mol. The zero-order chi connectivity index (χ0) is 10.7. The Balaban J connectivity index is 2.14. The first-order valence-electron chi connectivity index (χ1n) is 5.31. The minimum absolute atomic E-state index is 0.282. The van der Waals surface area contributed by atoms with E-state index >= 15 is 0 Å². The summed E-state index contributed by atoms with van der Waals surface area (Å²) in [5.41, 5.74) is 7.97. The third-order valence-electron chi connectivity index (χ3n) is 2.69. The SMILES string of the molecule is CCC(N)CCn1cnc2cnccc21. The van der Waals surface area contributed by atoms with Gasteiger partial charge in [-0.05, 0) is 18.9 Å². The maximum absolute atomic E-state index is 5.89. The number of rotatable bonds is 4. The van der Waals surface area contributed by atoms with Gasteiger partial charge >= 0.3 is 0 Å². The van der Waals surface area contributed by atoms with Crippen molar-refractivity contribution in [2.75, 3.05) is 0 Å². The van der Waals surface area contributed by atoms with E-state index in [1.54, 1.807) is 12.4 Å². The van der Waals surface area contributed by atoms with Crippen LogP contribution in [0.2, 0.25) is 0 Å². The summed E-state index contributed by atoms with van der Waals surface area (Å²) in [6.07, 6.45) is 7.44. The topological polar surface area (TPSA) is 56.7 Å². The van der Waals surface area contributed by atoms with Crippen LogP contribution in [0.1, 0.15) is 19.8 Å². The highest BCUT2D eigenvalue weighted by Crippen LogP contribution is 2.11. The van der Waals surface area contributed by atoms with Crippen LogP contribution in [-0.4, -0.2) is 20.6 Å². The summed E-state index contributed by atoms with van der Waals surface area (Å²) in [5, 5.41) is 0. The molecule has 0 spiro atoms. The highest BCUT2D eigenvalue weighted by atomic mass is 15.0. The molecule has 4 nitrogen and oxygen atoms in total. The Kier molecular flexibility index (Phi) is 2.97. The molecule has 2 N–H and O–H groups in total. The Morgan fingerprint density at radius 3 is 3.20 bits per heavy atom. The molecule has 0 aromatic carbocycles. The molecule has 0 radical (unpaired) electrons. The van der Waals surface area contributed by atoms with E-state index in [9.17, 15) is 0 Å². The number of hydrogen-bond donors (Lipinski definition) is 1. The van der Waals surface area contributed by atoms with Gasteiger partial charge in [-0.3, -0.25) is 4.98 Å². The van der Waals surface area contributed by atoms with E-state index in [0.717, 1.165) is 30.4 Å². The maximum Gasteiger partial charge on any atom is 0.107 e. The lowest BCUT2D eigenvalue weighted by molar-refractivity contribution is 0.537. The minimum atomic E-state index is 0.282. The molecule has 4 heteroatoms. The molecule has 0 saturated heterocycles. The van der Waals surface area contributed by atoms with Gasteiger partial charge in [0.05, 0.1) is 18.0 Å². The van der Waals surface area contributed by atoms with Gasteiger partial charge in [-0.2, -0.15) is 0 Å². The first-order valence-corrected chi connectivity index (χ1v) is 5.31. The predicted molar refractivity (Wildman–Crippen MR) is 60.4 cm³/mol. The average molecular weight is 204 g/mol. The van der Waals surface area contributed by atoms with Crippen LogP contribution in [0.25, 0.3) is 11.0 Å². The molecule has 0 bridgehead atoms. The van der Waals surface area contributed by atoms with E-state index in [0.29, 0.717) is 0 Å². The van der Waals surface area contributed by atoms with E-state index in [4.69, 9.17) is 5.73 Å². The number of nitrogens with zero attached hydrogens (tertiary/aromatic N) is 3. The Hall–Kier alpha value is -1.42. The van der Waals surface area contributed by atoms with Gasteiger partial charge in [-0.1, -0.05) is 6.92 Å². The Labute approximate surface area is 89.1 Å². The van der Waals surface area contributed by atoms with Gasteiger partial charge in [-0.15, -0.1) is 0 Å². The molecular formula is C11H16N4. The van der Waals surface area contributed by atoms with E-state index < -0.39 is 0 Å². The molecule has 80 valence electrons. The number of hydrogen-bond acceptors (Lipinski definition) is 3. The van der Waals surface area contributed by atoms with Crippen molar-refractivity contribution in [2.24, 2.45) is 5.73 Å². The smallest absolute Gasteiger partial charge is 0.107 e. The van der Waals surface area contributed by atoms with Gasteiger partial charge in [0.15, 0.2) is 0 Å². The summed E-state index contributed by atoms with van der Waals surface area (Å²) < 4.78 is 2.13.